The molecule has 0 saturated carbocycles. The number of carbonyl (C=O) groups excluding carboxylic acids is 2. The molecule has 0 aliphatic rings. The molecule has 5 nitrogen and oxygen atoms in total. The Bertz CT molecular complexity index is 181. The first-order valence-electron chi connectivity index (χ1n) is 4.19. The fourth-order valence-corrected chi connectivity index (χ4v) is 0.732. The Kier molecular flexibility index (Phi) is 5.88. The second kappa shape index (κ2) is 6.42. The van der Waals surface area contributed by atoms with Crippen LogP contribution in [0.5, 0.6) is 0 Å². The van der Waals surface area contributed by atoms with Crippen LogP contribution < -0.4 is 5.73 Å². The second-order valence-corrected chi connectivity index (χ2v) is 2.37. The predicted octanol–water partition coefficient (Wildman–Crippen LogP) is -0.170. The van der Waals surface area contributed by atoms with Crippen LogP contribution in [-0.2, 0) is 19.1 Å². The zero-order valence-electron chi connectivity index (χ0n) is 7.91. The van der Waals surface area contributed by atoms with Gasteiger partial charge < -0.3 is 15.2 Å². The quantitative estimate of drug-likeness (QED) is 0.607. The molecular weight excluding hydrogens is 174 g/mol. The molecule has 0 spiro atoms. The highest BCUT2D eigenvalue weighted by Crippen LogP contribution is 1.95. The van der Waals surface area contributed by atoms with Gasteiger partial charge in [-0.1, -0.05) is 0 Å². The molecule has 0 radical (unpaired) electrons. The van der Waals surface area contributed by atoms with E-state index in [0.29, 0.717) is 0 Å². The van der Waals surface area contributed by atoms with Gasteiger partial charge in [-0.2, -0.15) is 0 Å². The largest absolute Gasteiger partial charge is 0.466 e. The number of nitrogens with two attached hydrogens (primary N) is 1. The molecule has 1 atom stereocenters. The van der Waals surface area contributed by atoms with Crippen molar-refractivity contribution in [3.05, 3.63) is 0 Å². The maximum atomic E-state index is 10.9. The summed E-state index contributed by atoms with van der Waals surface area (Å²) in [6.07, 6.45) is -0.132. The van der Waals surface area contributed by atoms with Gasteiger partial charge in [-0.25, -0.2) is 0 Å². The number of carbonyl (C=O) groups is 2. The van der Waals surface area contributed by atoms with Gasteiger partial charge >= 0.3 is 11.9 Å². The smallest absolute Gasteiger partial charge is 0.323 e. The molecule has 1 unspecified atom stereocenters. The summed E-state index contributed by atoms with van der Waals surface area (Å²) in [5.41, 5.74) is 5.36. The molecule has 0 rings (SSSR count). The van der Waals surface area contributed by atoms with Gasteiger partial charge in [0.15, 0.2) is 0 Å². The average Bonchev–Trinajstić information content (AvgIpc) is 2.05. The molecule has 0 bridgehead atoms. The molecule has 0 fully saturated rings. The average molecular weight is 189 g/mol. The van der Waals surface area contributed by atoms with Crippen LogP contribution in [-0.4, -0.2) is 31.2 Å². The molecule has 0 heterocycles. The van der Waals surface area contributed by atoms with Crippen molar-refractivity contribution in [3.8, 4) is 0 Å². The summed E-state index contributed by atoms with van der Waals surface area (Å²) in [7, 11) is 0. The first-order chi connectivity index (χ1) is 6.11. The molecule has 0 saturated heterocycles. The maximum Gasteiger partial charge on any atom is 0.323 e. The van der Waals surface area contributed by atoms with Crippen molar-refractivity contribution in [1.29, 1.82) is 0 Å². The van der Waals surface area contributed by atoms with Crippen molar-refractivity contribution in [1.82, 2.24) is 0 Å². The molecule has 5 heteroatoms. The Hall–Kier alpha value is -1.10. The lowest BCUT2D eigenvalue weighted by Gasteiger charge is -2.09. The van der Waals surface area contributed by atoms with Crippen molar-refractivity contribution in [2.45, 2.75) is 26.3 Å². The van der Waals surface area contributed by atoms with Gasteiger partial charge in [-0.3, -0.25) is 9.59 Å². The van der Waals surface area contributed by atoms with Crippen LogP contribution in [0.4, 0.5) is 0 Å². The van der Waals surface area contributed by atoms with Gasteiger partial charge in [0.25, 0.3) is 0 Å². The fourth-order valence-electron chi connectivity index (χ4n) is 0.732. The minimum Gasteiger partial charge on any atom is -0.466 e. The summed E-state index contributed by atoms with van der Waals surface area (Å²) in [6.45, 7) is 3.91. The zero-order chi connectivity index (χ0) is 10.3. The maximum absolute atomic E-state index is 10.9. The van der Waals surface area contributed by atoms with Gasteiger partial charge in [0.2, 0.25) is 0 Å². The lowest BCUT2D eigenvalue weighted by Crippen LogP contribution is -2.35. The Labute approximate surface area is 77.2 Å². The Morgan fingerprint density at radius 1 is 1.23 bits per heavy atom. The highest BCUT2D eigenvalue weighted by molar-refractivity contribution is 5.82. The van der Waals surface area contributed by atoms with Crippen molar-refractivity contribution in [2.24, 2.45) is 5.73 Å². The number of hydrogen-bond acceptors (Lipinski definition) is 5. The molecule has 0 amide bonds. The van der Waals surface area contributed by atoms with E-state index in [0.717, 1.165) is 0 Å². The number of esters is 2. The zero-order valence-corrected chi connectivity index (χ0v) is 7.91. The topological polar surface area (TPSA) is 78.6 Å². The fraction of sp³-hybridized carbons (Fsp3) is 0.750. The van der Waals surface area contributed by atoms with E-state index in [4.69, 9.17) is 5.73 Å². The molecule has 0 aliphatic carbocycles. The van der Waals surface area contributed by atoms with Crippen LogP contribution in [0.15, 0.2) is 0 Å². The van der Waals surface area contributed by atoms with Gasteiger partial charge in [0.05, 0.1) is 19.6 Å². The van der Waals surface area contributed by atoms with Crippen LogP contribution in [0.1, 0.15) is 20.3 Å². The highest BCUT2D eigenvalue weighted by atomic mass is 16.5. The molecular formula is C8H15NO4. The third-order valence-electron chi connectivity index (χ3n) is 1.28. The summed E-state index contributed by atoms with van der Waals surface area (Å²) in [6, 6.07) is -0.918. The van der Waals surface area contributed by atoms with Crippen molar-refractivity contribution in [2.75, 3.05) is 13.2 Å². The minimum absolute atomic E-state index is 0.132. The Balaban J connectivity index is 3.78. The normalized spacial score (nSPS) is 11.9. The van der Waals surface area contributed by atoms with Gasteiger partial charge in [0, 0.05) is 0 Å². The summed E-state index contributed by atoms with van der Waals surface area (Å²) in [5.74, 6) is -1.06. The minimum atomic E-state index is -0.918. The number of hydrogen-bond donors (Lipinski definition) is 1. The lowest BCUT2D eigenvalue weighted by atomic mass is 10.2. The summed E-state index contributed by atoms with van der Waals surface area (Å²) < 4.78 is 9.23. The first kappa shape index (κ1) is 11.9. The molecule has 2 N–H and O–H groups in total. The molecule has 76 valence electrons. The number of rotatable bonds is 5. The van der Waals surface area contributed by atoms with E-state index in [1.165, 1.54) is 0 Å². The van der Waals surface area contributed by atoms with E-state index < -0.39 is 18.0 Å². The van der Waals surface area contributed by atoms with Crippen LogP contribution in [0.3, 0.4) is 0 Å². The Morgan fingerprint density at radius 2 is 1.77 bits per heavy atom. The molecule has 0 aromatic rings. The van der Waals surface area contributed by atoms with Gasteiger partial charge in [-0.05, 0) is 13.8 Å². The van der Waals surface area contributed by atoms with Crippen molar-refractivity contribution in [3.63, 3.8) is 0 Å². The van der Waals surface area contributed by atoms with Crippen LogP contribution in [0, 0.1) is 0 Å². The first-order valence-corrected chi connectivity index (χ1v) is 4.19. The molecule has 13 heavy (non-hydrogen) atoms. The van der Waals surface area contributed by atoms with E-state index >= 15 is 0 Å². The summed E-state index contributed by atoms with van der Waals surface area (Å²) >= 11 is 0. The van der Waals surface area contributed by atoms with Gasteiger partial charge in [0.1, 0.15) is 6.04 Å². The van der Waals surface area contributed by atoms with Crippen LogP contribution >= 0.6 is 0 Å². The van der Waals surface area contributed by atoms with Crippen molar-refractivity contribution >= 4 is 11.9 Å². The third kappa shape index (κ3) is 5.19. The molecule has 0 aliphatic heterocycles. The lowest BCUT2D eigenvalue weighted by molar-refractivity contribution is -0.151. The standard InChI is InChI=1S/C8H15NO4/c1-3-12-7(10)5-6(9)8(11)13-4-2/h6H,3-5,9H2,1-2H3. The van der Waals surface area contributed by atoms with E-state index in [1.54, 1.807) is 13.8 Å². The summed E-state index contributed by atoms with van der Waals surface area (Å²) in [5, 5.41) is 0. The van der Waals surface area contributed by atoms with E-state index in [9.17, 15) is 9.59 Å². The summed E-state index contributed by atoms with van der Waals surface area (Å²) in [4.78, 5) is 21.8. The Morgan fingerprint density at radius 3 is 2.23 bits per heavy atom. The van der Waals surface area contributed by atoms with Crippen molar-refractivity contribution < 1.29 is 19.1 Å². The van der Waals surface area contributed by atoms with Crippen LogP contribution in [0.2, 0.25) is 0 Å². The second-order valence-electron chi connectivity index (χ2n) is 2.37. The highest BCUT2D eigenvalue weighted by Gasteiger charge is 2.18. The van der Waals surface area contributed by atoms with Gasteiger partial charge in [-0.15, -0.1) is 0 Å². The third-order valence-corrected chi connectivity index (χ3v) is 1.28. The SMILES string of the molecule is CCOC(=O)CC(N)C(=O)OCC. The molecule has 0 aromatic heterocycles. The monoisotopic (exact) mass is 189 g/mol. The van der Waals surface area contributed by atoms with E-state index in [-0.39, 0.29) is 19.6 Å². The molecule has 0 aromatic carbocycles. The van der Waals surface area contributed by atoms with E-state index in [1.807, 2.05) is 0 Å². The van der Waals surface area contributed by atoms with E-state index in [2.05, 4.69) is 9.47 Å². The number of ether oxygens (including phenoxy) is 2. The van der Waals surface area contributed by atoms with Crippen LogP contribution in [0.25, 0.3) is 0 Å². The predicted molar refractivity (Wildman–Crippen MR) is 45.9 cm³/mol.